The van der Waals surface area contributed by atoms with Gasteiger partial charge in [0.1, 0.15) is 11.6 Å². The van der Waals surface area contributed by atoms with E-state index in [-0.39, 0.29) is 24.4 Å². The Kier molecular flexibility index (Phi) is 4.31. The summed E-state index contributed by atoms with van der Waals surface area (Å²) in [4.78, 5) is 0. The molecule has 0 saturated carbocycles. The van der Waals surface area contributed by atoms with Crippen LogP contribution >= 0.6 is 11.6 Å². The number of rotatable bonds is 4. The van der Waals surface area contributed by atoms with Crippen LogP contribution in [-0.4, -0.2) is 24.7 Å². The predicted molar refractivity (Wildman–Crippen MR) is 60.0 cm³/mol. The monoisotopic (exact) mass is 262 g/mol. The van der Waals surface area contributed by atoms with Crippen LogP contribution in [-0.2, 0) is 16.1 Å². The van der Waals surface area contributed by atoms with Gasteiger partial charge in [0, 0.05) is 17.9 Å². The van der Waals surface area contributed by atoms with Gasteiger partial charge < -0.3 is 9.47 Å². The Morgan fingerprint density at radius 3 is 2.65 bits per heavy atom. The van der Waals surface area contributed by atoms with Crippen molar-refractivity contribution in [2.75, 3.05) is 12.5 Å². The highest BCUT2D eigenvalue weighted by Crippen LogP contribution is 2.20. The van der Waals surface area contributed by atoms with E-state index in [9.17, 15) is 8.78 Å². The van der Waals surface area contributed by atoms with E-state index in [2.05, 4.69) is 0 Å². The third kappa shape index (κ3) is 3.15. The van der Waals surface area contributed by atoms with Crippen LogP contribution < -0.4 is 0 Å². The van der Waals surface area contributed by atoms with E-state index in [0.29, 0.717) is 18.9 Å². The molecule has 1 heterocycles. The van der Waals surface area contributed by atoms with Crippen LogP contribution in [0.5, 0.6) is 0 Å². The summed E-state index contributed by atoms with van der Waals surface area (Å²) in [5.41, 5.74) is -0.0400. The molecular formula is C12H13ClF2O2. The van der Waals surface area contributed by atoms with Crippen LogP contribution in [0.25, 0.3) is 0 Å². The van der Waals surface area contributed by atoms with Crippen LogP contribution in [0.4, 0.5) is 8.78 Å². The first kappa shape index (κ1) is 12.7. The van der Waals surface area contributed by atoms with Gasteiger partial charge in [-0.3, -0.25) is 0 Å². The molecule has 1 fully saturated rings. The summed E-state index contributed by atoms with van der Waals surface area (Å²) in [5.74, 6) is -0.760. The van der Waals surface area contributed by atoms with Gasteiger partial charge in [-0.1, -0.05) is 6.07 Å². The molecule has 94 valence electrons. The number of benzene rings is 1. The maximum Gasteiger partial charge on any atom is 0.131 e. The number of alkyl halides is 1. The summed E-state index contributed by atoms with van der Waals surface area (Å²) in [7, 11) is 0. The van der Waals surface area contributed by atoms with E-state index in [1.807, 2.05) is 0 Å². The lowest BCUT2D eigenvalue weighted by Gasteiger charge is -2.11. The quantitative estimate of drug-likeness (QED) is 0.777. The molecule has 17 heavy (non-hydrogen) atoms. The van der Waals surface area contributed by atoms with Gasteiger partial charge in [0.2, 0.25) is 0 Å². The van der Waals surface area contributed by atoms with Gasteiger partial charge in [0.05, 0.1) is 25.4 Å². The smallest absolute Gasteiger partial charge is 0.131 e. The lowest BCUT2D eigenvalue weighted by Crippen LogP contribution is -2.14. The van der Waals surface area contributed by atoms with Crippen molar-refractivity contribution in [3.8, 4) is 0 Å². The Morgan fingerprint density at radius 1 is 1.35 bits per heavy atom. The summed E-state index contributed by atoms with van der Waals surface area (Å²) in [5, 5.41) is 0. The second-order valence-electron chi connectivity index (χ2n) is 3.98. The van der Waals surface area contributed by atoms with E-state index in [4.69, 9.17) is 21.1 Å². The van der Waals surface area contributed by atoms with Crippen LogP contribution in [0.15, 0.2) is 18.2 Å². The maximum absolute atomic E-state index is 13.3. The molecule has 1 saturated heterocycles. The highest BCUT2D eigenvalue weighted by atomic mass is 35.5. The number of hydrogen-bond donors (Lipinski definition) is 0. The zero-order valence-electron chi connectivity index (χ0n) is 9.17. The van der Waals surface area contributed by atoms with Gasteiger partial charge >= 0.3 is 0 Å². The molecule has 1 aliphatic heterocycles. The Labute approximate surface area is 103 Å². The minimum atomic E-state index is -0.585. The SMILES string of the molecule is Fc1cccc(F)c1COC1COC(CCl)C1. The first-order valence-corrected chi connectivity index (χ1v) is 5.96. The summed E-state index contributed by atoms with van der Waals surface area (Å²) < 4.78 is 37.3. The van der Waals surface area contributed by atoms with E-state index >= 15 is 0 Å². The lowest BCUT2D eigenvalue weighted by atomic mass is 10.2. The van der Waals surface area contributed by atoms with Crippen LogP contribution in [0, 0.1) is 11.6 Å². The maximum atomic E-state index is 13.3. The molecule has 0 bridgehead atoms. The molecule has 0 radical (unpaired) electrons. The molecule has 1 aromatic rings. The molecule has 0 aromatic heterocycles. The molecule has 2 unspecified atom stereocenters. The van der Waals surface area contributed by atoms with E-state index in [1.54, 1.807) is 0 Å². The minimum Gasteiger partial charge on any atom is -0.374 e. The zero-order valence-corrected chi connectivity index (χ0v) is 9.92. The van der Waals surface area contributed by atoms with Gasteiger partial charge in [-0.25, -0.2) is 8.78 Å². The minimum absolute atomic E-state index is 0.0212. The summed E-state index contributed by atoms with van der Waals surface area (Å²) in [6, 6.07) is 3.76. The fourth-order valence-electron chi connectivity index (χ4n) is 1.77. The van der Waals surface area contributed by atoms with Crippen molar-refractivity contribution in [1.82, 2.24) is 0 Å². The Balaban J connectivity index is 1.90. The van der Waals surface area contributed by atoms with Crippen molar-refractivity contribution < 1.29 is 18.3 Å². The fourth-order valence-corrected chi connectivity index (χ4v) is 1.98. The number of hydrogen-bond acceptors (Lipinski definition) is 2. The Morgan fingerprint density at radius 2 is 2.06 bits per heavy atom. The largest absolute Gasteiger partial charge is 0.374 e. The first-order chi connectivity index (χ1) is 8.20. The molecule has 2 nitrogen and oxygen atoms in total. The normalized spacial score (nSPS) is 24.2. The van der Waals surface area contributed by atoms with Crippen molar-refractivity contribution >= 4 is 11.6 Å². The molecule has 1 aromatic carbocycles. The number of halogens is 3. The average molecular weight is 263 g/mol. The number of ether oxygens (including phenoxy) is 2. The fraction of sp³-hybridized carbons (Fsp3) is 0.500. The van der Waals surface area contributed by atoms with Crippen LogP contribution in [0.2, 0.25) is 0 Å². The third-order valence-corrected chi connectivity index (χ3v) is 3.08. The highest BCUT2D eigenvalue weighted by molar-refractivity contribution is 6.18. The van der Waals surface area contributed by atoms with Crippen molar-refractivity contribution in [3.63, 3.8) is 0 Å². The Bertz CT molecular complexity index is 367. The van der Waals surface area contributed by atoms with Crippen LogP contribution in [0.1, 0.15) is 12.0 Å². The standard InChI is InChI=1S/C12H13ClF2O2/c13-5-8-4-9(6-16-8)17-7-10-11(14)2-1-3-12(10)15/h1-3,8-9H,4-7H2. The van der Waals surface area contributed by atoms with Crippen LogP contribution in [0.3, 0.4) is 0 Å². The van der Waals surface area contributed by atoms with Crippen molar-refractivity contribution in [3.05, 3.63) is 35.4 Å². The molecule has 2 atom stereocenters. The van der Waals surface area contributed by atoms with E-state index in [1.165, 1.54) is 18.2 Å². The second-order valence-corrected chi connectivity index (χ2v) is 4.29. The molecule has 1 aliphatic rings. The van der Waals surface area contributed by atoms with Crippen molar-refractivity contribution in [1.29, 1.82) is 0 Å². The van der Waals surface area contributed by atoms with Gasteiger partial charge in [-0.05, 0) is 12.1 Å². The average Bonchev–Trinajstić information content (AvgIpc) is 2.76. The van der Waals surface area contributed by atoms with Gasteiger partial charge in [-0.2, -0.15) is 0 Å². The second kappa shape index (κ2) is 5.76. The molecule has 5 heteroatoms. The molecular weight excluding hydrogens is 250 g/mol. The van der Waals surface area contributed by atoms with Crippen molar-refractivity contribution in [2.45, 2.75) is 25.2 Å². The third-order valence-electron chi connectivity index (χ3n) is 2.74. The molecule has 0 N–H and O–H groups in total. The topological polar surface area (TPSA) is 18.5 Å². The summed E-state index contributed by atoms with van der Waals surface area (Å²) in [6.45, 7) is 0.342. The molecule has 0 aliphatic carbocycles. The van der Waals surface area contributed by atoms with Gasteiger partial charge in [-0.15, -0.1) is 11.6 Å². The molecule has 0 spiro atoms. The highest BCUT2D eigenvalue weighted by Gasteiger charge is 2.25. The first-order valence-electron chi connectivity index (χ1n) is 5.42. The zero-order chi connectivity index (χ0) is 12.3. The van der Waals surface area contributed by atoms with Gasteiger partial charge in [0.25, 0.3) is 0 Å². The summed E-state index contributed by atoms with van der Waals surface area (Å²) in [6.07, 6.45) is 0.504. The van der Waals surface area contributed by atoms with E-state index in [0.717, 1.165) is 0 Å². The van der Waals surface area contributed by atoms with Gasteiger partial charge in [0.15, 0.2) is 0 Å². The van der Waals surface area contributed by atoms with Crippen molar-refractivity contribution in [2.24, 2.45) is 0 Å². The predicted octanol–water partition coefficient (Wildman–Crippen LogP) is 2.88. The van der Waals surface area contributed by atoms with E-state index < -0.39 is 11.6 Å². The summed E-state index contributed by atoms with van der Waals surface area (Å²) >= 11 is 5.64. The Hall–Kier alpha value is -0.710. The molecule has 2 rings (SSSR count). The lowest BCUT2D eigenvalue weighted by molar-refractivity contribution is 0.0263. The molecule has 0 amide bonds.